The Bertz CT molecular complexity index is 636. The number of rotatable bonds is 7. The van der Waals surface area contributed by atoms with Crippen molar-refractivity contribution in [1.82, 2.24) is 15.6 Å². The number of thiazole rings is 1. The van der Waals surface area contributed by atoms with Gasteiger partial charge >= 0.3 is 0 Å². The second-order valence-corrected chi connectivity index (χ2v) is 8.33. The Kier molecular flexibility index (Phi) is 9.84. The van der Waals surface area contributed by atoms with Crippen molar-refractivity contribution >= 4 is 52.6 Å². The first-order valence-corrected chi connectivity index (χ1v) is 9.71. The quantitative estimate of drug-likeness (QED) is 0.357. The van der Waals surface area contributed by atoms with Crippen molar-refractivity contribution in [3.63, 3.8) is 0 Å². The number of halogens is 1. The number of nitrogens with zero attached hydrogens (tertiary/aromatic N) is 2. The second kappa shape index (κ2) is 11.0. The first kappa shape index (κ1) is 21.4. The van der Waals surface area contributed by atoms with Crippen LogP contribution in [0.4, 0.5) is 0 Å². The summed E-state index contributed by atoms with van der Waals surface area (Å²) in [6, 6.07) is 4.75. The topological polar surface area (TPSA) is 49.3 Å². The summed E-state index contributed by atoms with van der Waals surface area (Å²) in [5.74, 6) is 0.890. The fraction of sp³-hybridized carbons (Fsp3) is 0.529. The fourth-order valence-electron chi connectivity index (χ4n) is 2.28. The van der Waals surface area contributed by atoms with Crippen LogP contribution in [0, 0.1) is 13.8 Å². The molecule has 2 rings (SSSR count). The lowest BCUT2D eigenvalue weighted by atomic mass is 10.2. The van der Waals surface area contributed by atoms with Crippen molar-refractivity contribution < 1.29 is 0 Å². The number of hydrogen-bond acceptors (Lipinski definition) is 4. The first-order chi connectivity index (χ1) is 11.1. The smallest absolute Gasteiger partial charge is 0.191 e. The predicted molar refractivity (Wildman–Crippen MR) is 117 cm³/mol. The summed E-state index contributed by atoms with van der Waals surface area (Å²) < 4.78 is 0. The molecule has 4 nitrogen and oxygen atoms in total. The van der Waals surface area contributed by atoms with E-state index in [2.05, 4.69) is 60.4 Å². The van der Waals surface area contributed by atoms with E-state index in [4.69, 9.17) is 0 Å². The van der Waals surface area contributed by atoms with Crippen LogP contribution in [0.5, 0.6) is 0 Å². The van der Waals surface area contributed by atoms with Gasteiger partial charge in [-0.15, -0.1) is 46.7 Å². The number of aryl methyl sites for hydroxylation is 2. The molecule has 2 aromatic heterocycles. The molecule has 134 valence electrons. The van der Waals surface area contributed by atoms with E-state index in [0.29, 0.717) is 6.04 Å². The fourth-order valence-corrected chi connectivity index (χ4v) is 4.08. The SMILES string of the molecule is CCNC(=NCCc1ncc(C)s1)NC(C)Cc1ccc(C)s1.I. The minimum atomic E-state index is 0. The molecule has 0 fully saturated rings. The van der Waals surface area contributed by atoms with Crippen LogP contribution < -0.4 is 10.6 Å². The van der Waals surface area contributed by atoms with E-state index in [1.165, 1.54) is 14.6 Å². The predicted octanol–water partition coefficient (Wildman–Crippen LogP) is 4.17. The summed E-state index contributed by atoms with van der Waals surface area (Å²) in [5, 5.41) is 7.97. The Hall–Kier alpha value is -0.670. The molecule has 0 amide bonds. The zero-order valence-corrected chi connectivity index (χ0v) is 18.7. The largest absolute Gasteiger partial charge is 0.357 e. The molecular weight excluding hydrogens is 451 g/mol. The molecule has 0 aliphatic carbocycles. The van der Waals surface area contributed by atoms with Crippen LogP contribution in [0.2, 0.25) is 0 Å². The molecule has 0 aliphatic rings. The molecule has 0 saturated carbocycles. The van der Waals surface area contributed by atoms with Crippen LogP contribution in [0.15, 0.2) is 23.3 Å². The molecule has 2 aromatic rings. The third-order valence-electron chi connectivity index (χ3n) is 3.30. The van der Waals surface area contributed by atoms with Gasteiger partial charge in [0.05, 0.1) is 5.01 Å². The number of nitrogens with one attached hydrogen (secondary N) is 2. The van der Waals surface area contributed by atoms with Crippen molar-refractivity contribution in [1.29, 1.82) is 0 Å². The molecule has 24 heavy (non-hydrogen) atoms. The Morgan fingerprint density at radius 1 is 1.25 bits per heavy atom. The highest BCUT2D eigenvalue weighted by Gasteiger charge is 2.08. The maximum absolute atomic E-state index is 4.67. The van der Waals surface area contributed by atoms with Crippen molar-refractivity contribution in [3.8, 4) is 0 Å². The number of hydrogen-bond donors (Lipinski definition) is 2. The average Bonchev–Trinajstić information content (AvgIpc) is 3.08. The summed E-state index contributed by atoms with van der Waals surface area (Å²) in [6.07, 6.45) is 3.85. The number of thiophene rings is 1. The first-order valence-electron chi connectivity index (χ1n) is 8.08. The Labute approximate surface area is 170 Å². The van der Waals surface area contributed by atoms with E-state index >= 15 is 0 Å². The summed E-state index contributed by atoms with van der Waals surface area (Å²) in [5.41, 5.74) is 0. The van der Waals surface area contributed by atoms with Gasteiger partial charge in [0.2, 0.25) is 0 Å². The van der Waals surface area contributed by atoms with Crippen LogP contribution in [0.1, 0.15) is 33.5 Å². The van der Waals surface area contributed by atoms with Gasteiger partial charge in [-0.25, -0.2) is 4.98 Å². The van der Waals surface area contributed by atoms with Crippen molar-refractivity contribution in [2.45, 2.75) is 46.6 Å². The monoisotopic (exact) mass is 478 g/mol. The molecule has 0 aromatic carbocycles. The van der Waals surface area contributed by atoms with E-state index in [1.807, 2.05) is 17.5 Å². The number of aliphatic imine (C=N–C) groups is 1. The lowest BCUT2D eigenvalue weighted by Crippen LogP contribution is -2.43. The summed E-state index contributed by atoms with van der Waals surface area (Å²) in [6.45, 7) is 10.2. The maximum Gasteiger partial charge on any atom is 0.191 e. The molecule has 2 heterocycles. The van der Waals surface area contributed by atoms with E-state index in [1.54, 1.807) is 11.3 Å². The van der Waals surface area contributed by atoms with E-state index < -0.39 is 0 Å². The van der Waals surface area contributed by atoms with Crippen LogP contribution in [-0.2, 0) is 12.8 Å². The van der Waals surface area contributed by atoms with Gasteiger partial charge in [0.25, 0.3) is 0 Å². The van der Waals surface area contributed by atoms with Crippen LogP contribution in [0.3, 0.4) is 0 Å². The summed E-state index contributed by atoms with van der Waals surface area (Å²) in [7, 11) is 0. The van der Waals surface area contributed by atoms with Gasteiger partial charge in [-0.3, -0.25) is 4.99 Å². The van der Waals surface area contributed by atoms with Gasteiger partial charge < -0.3 is 10.6 Å². The summed E-state index contributed by atoms with van der Waals surface area (Å²) >= 11 is 3.62. The average molecular weight is 478 g/mol. The maximum atomic E-state index is 4.67. The molecule has 1 atom stereocenters. The molecule has 0 saturated heterocycles. The Morgan fingerprint density at radius 2 is 2.04 bits per heavy atom. The third-order valence-corrected chi connectivity index (χ3v) is 5.29. The lowest BCUT2D eigenvalue weighted by Gasteiger charge is -2.17. The van der Waals surface area contributed by atoms with Crippen LogP contribution in [0.25, 0.3) is 0 Å². The van der Waals surface area contributed by atoms with Crippen LogP contribution in [-0.4, -0.2) is 30.1 Å². The molecule has 2 N–H and O–H groups in total. The van der Waals surface area contributed by atoms with E-state index in [-0.39, 0.29) is 24.0 Å². The molecule has 0 aliphatic heterocycles. The standard InChI is InChI=1S/C17H26N4S2.HI/c1-5-18-17(19-9-8-16-20-11-14(4)23-16)21-12(2)10-15-7-6-13(3)22-15;/h6-7,11-12H,5,8-10H2,1-4H3,(H2,18,19,21);1H. The second-order valence-electron chi connectivity index (χ2n) is 5.64. The van der Waals surface area contributed by atoms with Gasteiger partial charge in [0.1, 0.15) is 0 Å². The third kappa shape index (κ3) is 7.48. The van der Waals surface area contributed by atoms with Gasteiger partial charge in [-0.2, -0.15) is 0 Å². The van der Waals surface area contributed by atoms with E-state index in [0.717, 1.165) is 36.9 Å². The molecule has 7 heteroatoms. The normalized spacial score (nSPS) is 12.6. The lowest BCUT2D eigenvalue weighted by molar-refractivity contribution is 0.645. The van der Waals surface area contributed by atoms with Gasteiger partial charge in [-0.05, 0) is 39.8 Å². The highest BCUT2D eigenvalue weighted by molar-refractivity contribution is 14.0. The zero-order chi connectivity index (χ0) is 16.7. The molecule has 0 radical (unpaired) electrons. The highest BCUT2D eigenvalue weighted by Crippen LogP contribution is 2.16. The van der Waals surface area contributed by atoms with E-state index in [9.17, 15) is 0 Å². The molecular formula is C17H27IN4S2. The van der Waals surface area contributed by atoms with Crippen molar-refractivity contribution in [2.24, 2.45) is 4.99 Å². The molecule has 0 bridgehead atoms. The highest BCUT2D eigenvalue weighted by atomic mass is 127. The minimum Gasteiger partial charge on any atom is -0.357 e. The minimum absolute atomic E-state index is 0. The van der Waals surface area contributed by atoms with Gasteiger partial charge in [0, 0.05) is 52.8 Å². The van der Waals surface area contributed by atoms with Gasteiger partial charge in [-0.1, -0.05) is 0 Å². The molecule has 0 spiro atoms. The van der Waals surface area contributed by atoms with Crippen molar-refractivity contribution in [2.75, 3.05) is 13.1 Å². The Morgan fingerprint density at radius 3 is 2.62 bits per heavy atom. The summed E-state index contributed by atoms with van der Waals surface area (Å²) in [4.78, 5) is 13.1. The zero-order valence-electron chi connectivity index (χ0n) is 14.8. The van der Waals surface area contributed by atoms with Crippen LogP contribution >= 0.6 is 46.7 Å². The number of aromatic nitrogens is 1. The number of guanidine groups is 1. The Balaban J connectivity index is 0.00000288. The van der Waals surface area contributed by atoms with Gasteiger partial charge in [0.15, 0.2) is 5.96 Å². The molecule has 1 unspecified atom stereocenters. The van der Waals surface area contributed by atoms with Crippen molar-refractivity contribution in [3.05, 3.63) is 38.0 Å².